The zero-order valence-corrected chi connectivity index (χ0v) is 13.6. The molecule has 0 atom stereocenters. The molecule has 0 radical (unpaired) electrons. The van der Waals surface area contributed by atoms with Gasteiger partial charge >= 0.3 is 0 Å². The third-order valence-corrected chi connectivity index (χ3v) is 4.06. The van der Waals surface area contributed by atoms with Crippen molar-refractivity contribution in [3.8, 4) is 11.3 Å². The quantitative estimate of drug-likeness (QED) is 0.563. The summed E-state index contributed by atoms with van der Waals surface area (Å²) in [6, 6.07) is 3.59. The largest absolute Gasteiger partial charge is 0.394 e. The predicted molar refractivity (Wildman–Crippen MR) is 87.4 cm³/mol. The van der Waals surface area contributed by atoms with Crippen molar-refractivity contribution in [3.63, 3.8) is 0 Å². The van der Waals surface area contributed by atoms with Crippen molar-refractivity contribution in [2.45, 2.75) is 19.8 Å². The normalized spacial score (nSPS) is 11.5. The third-order valence-electron chi connectivity index (χ3n) is 4.06. The van der Waals surface area contributed by atoms with Crippen molar-refractivity contribution < 1.29 is 13.9 Å². The maximum Gasteiger partial charge on any atom is 0.234 e. The van der Waals surface area contributed by atoms with Gasteiger partial charge in [-0.25, -0.2) is 18.9 Å². The highest BCUT2D eigenvalue weighted by molar-refractivity contribution is 5.58. The standard InChI is InChI=1S/C16H15F2N7O/c17-9-23-10-20-16(18)14(23)5-12-7-19-15-2-1-13(22-25(12)15)11-6-21-24(8-11)3-4-26/h1-2,6-8,10,26H,3-5,9H2. The molecule has 0 saturated heterocycles. The van der Waals surface area contributed by atoms with Gasteiger partial charge in [-0.3, -0.25) is 4.68 Å². The first kappa shape index (κ1) is 16.3. The van der Waals surface area contributed by atoms with Crippen LogP contribution in [0, 0.1) is 5.95 Å². The molecule has 0 unspecified atom stereocenters. The van der Waals surface area contributed by atoms with Crippen LogP contribution in [0.2, 0.25) is 0 Å². The number of nitrogens with zero attached hydrogens (tertiary/aromatic N) is 7. The van der Waals surface area contributed by atoms with E-state index in [9.17, 15) is 8.78 Å². The lowest BCUT2D eigenvalue weighted by molar-refractivity contribution is 0.269. The Hall–Kier alpha value is -3.14. The molecule has 0 spiro atoms. The summed E-state index contributed by atoms with van der Waals surface area (Å²) in [7, 11) is 0. The molecule has 0 fully saturated rings. The molecule has 0 amide bonds. The van der Waals surface area contributed by atoms with Crippen LogP contribution in [0.1, 0.15) is 11.4 Å². The monoisotopic (exact) mass is 359 g/mol. The zero-order valence-electron chi connectivity index (χ0n) is 13.6. The van der Waals surface area contributed by atoms with Crippen molar-refractivity contribution in [1.82, 2.24) is 33.9 Å². The molecule has 26 heavy (non-hydrogen) atoms. The number of alkyl halides is 1. The van der Waals surface area contributed by atoms with Crippen LogP contribution in [0.15, 0.2) is 37.1 Å². The number of fused-ring (bicyclic) bond motifs is 1. The Balaban J connectivity index is 1.71. The van der Waals surface area contributed by atoms with Gasteiger partial charge in [0, 0.05) is 18.2 Å². The Labute approximate surface area is 146 Å². The fraction of sp³-hybridized carbons (Fsp3) is 0.250. The molecule has 1 N–H and O–H groups in total. The molecule has 0 aliphatic carbocycles. The molecule has 4 heterocycles. The highest BCUT2D eigenvalue weighted by atomic mass is 19.1. The summed E-state index contributed by atoms with van der Waals surface area (Å²) in [5.74, 6) is -0.709. The minimum Gasteiger partial charge on any atom is -0.394 e. The van der Waals surface area contributed by atoms with Gasteiger partial charge in [0.2, 0.25) is 5.95 Å². The molecule has 4 aromatic rings. The van der Waals surface area contributed by atoms with Gasteiger partial charge in [-0.2, -0.15) is 14.6 Å². The molecular weight excluding hydrogens is 344 g/mol. The second-order valence-electron chi connectivity index (χ2n) is 5.70. The van der Waals surface area contributed by atoms with E-state index in [2.05, 4.69) is 20.2 Å². The van der Waals surface area contributed by atoms with Crippen molar-refractivity contribution in [2.24, 2.45) is 0 Å². The first-order valence-corrected chi connectivity index (χ1v) is 7.92. The van der Waals surface area contributed by atoms with Gasteiger partial charge < -0.3 is 9.67 Å². The van der Waals surface area contributed by atoms with E-state index in [0.717, 1.165) is 16.5 Å². The van der Waals surface area contributed by atoms with E-state index in [1.807, 2.05) is 0 Å². The summed E-state index contributed by atoms with van der Waals surface area (Å²) in [6.07, 6.45) is 6.24. The number of aliphatic hydroxyl groups is 1. The average Bonchev–Trinajstić information content (AvgIpc) is 3.36. The summed E-state index contributed by atoms with van der Waals surface area (Å²) in [6.45, 7) is -0.468. The summed E-state index contributed by atoms with van der Waals surface area (Å²) >= 11 is 0. The summed E-state index contributed by atoms with van der Waals surface area (Å²) in [4.78, 5) is 7.76. The van der Waals surface area contributed by atoms with Crippen LogP contribution in [0.25, 0.3) is 16.9 Å². The van der Waals surface area contributed by atoms with Crippen molar-refractivity contribution in [2.75, 3.05) is 6.61 Å². The Bertz CT molecular complexity index is 1050. The second kappa shape index (κ2) is 6.64. The SMILES string of the molecule is OCCn1cc(-c2ccc3ncc(Cc4c(F)ncn4CF)n3n2)cn1. The highest BCUT2D eigenvalue weighted by Gasteiger charge is 2.15. The molecule has 4 aromatic heterocycles. The number of aromatic nitrogens is 7. The highest BCUT2D eigenvalue weighted by Crippen LogP contribution is 2.19. The fourth-order valence-corrected chi connectivity index (χ4v) is 2.75. The van der Waals surface area contributed by atoms with E-state index in [0.29, 0.717) is 23.6 Å². The molecule has 8 nitrogen and oxygen atoms in total. The number of halogens is 2. The van der Waals surface area contributed by atoms with Gasteiger partial charge in [-0.1, -0.05) is 0 Å². The lowest BCUT2D eigenvalue weighted by Gasteiger charge is -2.05. The molecule has 10 heteroatoms. The van der Waals surface area contributed by atoms with Crippen molar-refractivity contribution >= 4 is 5.65 Å². The number of hydrogen-bond donors (Lipinski definition) is 1. The molecular formula is C16H15F2N7O. The van der Waals surface area contributed by atoms with Gasteiger partial charge in [0.25, 0.3) is 0 Å². The van der Waals surface area contributed by atoms with E-state index in [1.54, 1.807) is 39.9 Å². The van der Waals surface area contributed by atoms with Crippen LogP contribution >= 0.6 is 0 Å². The van der Waals surface area contributed by atoms with Crippen molar-refractivity contribution in [1.29, 1.82) is 0 Å². The van der Waals surface area contributed by atoms with Gasteiger partial charge in [-0.15, -0.1) is 0 Å². The smallest absolute Gasteiger partial charge is 0.234 e. The maximum absolute atomic E-state index is 13.8. The van der Waals surface area contributed by atoms with Crippen LogP contribution in [0.4, 0.5) is 8.78 Å². The van der Waals surface area contributed by atoms with E-state index in [-0.39, 0.29) is 18.7 Å². The third kappa shape index (κ3) is 2.84. The number of hydrogen-bond acceptors (Lipinski definition) is 5. The Morgan fingerprint density at radius 2 is 2.04 bits per heavy atom. The minimum absolute atomic E-state index is 0.00687. The van der Waals surface area contributed by atoms with Crippen LogP contribution in [0.5, 0.6) is 0 Å². The lowest BCUT2D eigenvalue weighted by Crippen LogP contribution is -2.05. The zero-order chi connectivity index (χ0) is 18.1. The molecule has 0 saturated carbocycles. The molecule has 4 rings (SSSR count). The van der Waals surface area contributed by atoms with Crippen LogP contribution in [-0.2, 0) is 19.8 Å². The second-order valence-corrected chi connectivity index (χ2v) is 5.70. The Kier molecular flexibility index (Phi) is 4.17. The van der Waals surface area contributed by atoms with Gasteiger partial charge in [0.05, 0.1) is 42.6 Å². The molecule has 0 aliphatic rings. The Morgan fingerprint density at radius 3 is 2.85 bits per heavy atom. The number of aliphatic hydroxyl groups excluding tert-OH is 1. The van der Waals surface area contributed by atoms with E-state index in [4.69, 9.17) is 5.11 Å². The van der Waals surface area contributed by atoms with Crippen LogP contribution < -0.4 is 0 Å². The Morgan fingerprint density at radius 1 is 1.15 bits per heavy atom. The summed E-state index contributed by atoms with van der Waals surface area (Å²) in [5, 5.41) is 17.7. The fourth-order valence-electron chi connectivity index (χ4n) is 2.75. The predicted octanol–water partition coefficient (Wildman–Crippen LogP) is 1.44. The van der Waals surface area contributed by atoms with E-state index >= 15 is 0 Å². The molecule has 0 aromatic carbocycles. The van der Waals surface area contributed by atoms with Crippen molar-refractivity contribution in [3.05, 3.63) is 54.4 Å². The van der Waals surface area contributed by atoms with Gasteiger partial charge in [-0.05, 0) is 12.1 Å². The lowest BCUT2D eigenvalue weighted by atomic mass is 10.2. The summed E-state index contributed by atoms with van der Waals surface area (Å²) in [5.41, 5.74) is 2.77. The van der Waals surface area contributed by atoms with E-state index < -0.39 is 12.7 Å². The maximum atomic E-state index is 13.8. The molecule has 0 aliphatic heterocycles. The van der Waals surface area contributed by atoms with Crippen LogP contribution in [0.3, 0.4) is 0 Å². The van der Waals surface area contributed by atoms with Crippen LogP contribution in [-0.4, -0.2) is 45.6 Å². The number of rotatable bonds is 6. The minimum atomic E-state index is -0.855. The topological polar surface area (TPSA) is 86.1 Å². The first-order chi connectivity index (χ1) is 12.7. The number of imidazole rings is 2. The summed E-state index contributed by atoms with van der Waals surface area (Å²) < 4.78 is 31.1. The molecule has 0 bridgehead atoms. The molecule has 134 valence electrons. The van der Waals surface area contributed by atoms with Gasteiger partial charge in [0.15, 0.2) is 12.4 Å². The average molecular weight is 359 g/mol. The van der Waals surface area contributed by atoms with Gasteiger partial charge in [0.1, 0.15) is 6.33 Å². The first-order valence-electron chi connectivity index (χ1n) is 7.92. The van der Waals surface area contributed by atoms with E-state index in [1.165, 1.54) is 0 Å².